The third-order valence-corrected chi connectivity index (χ3v) is 3.56. The van der Waals surface area contributed by atoms with E-state index >= 15 is 0 Å². The Hall–Kier alpha value is -0.640. The molecule has 0 heterocycles. The van der Waals surface area contributed by atoms with Crippen LogP contribution in [0.3, 0.4) is 0 Å². The first-order valence-corrected chi connectivity index (χ1v) is 6.27. The largest absolute Gasteiger partial charge is 0.373 e. The summed E-state index contributed by atoms with van der Waals surface area (Å²) in [5.41, 5.74) is 0.464. The number of halogens is 2. The minimum Gasteiger partial charge on any atom is -0.373 e. The van der Waals surface area contributed by atoms with Crippen LogP contribution in [0.15, 0.2) is 18.2 Å². The fourth-order valence-corrected chi connectivity index (χ4v) is 2.35. The summed E-state index contributed by atoms with van der Waals surface area (Å²) in [7, 11) is 1.95. The van der Waals surface area contributed by atoms with Crippen LogP contribution in [0.1, 0.15) is 18.4 Å². The van der Waals surface area contributed by atoms with Gasteiger partial charge in [-0.05, 0) is 44.5 Å². The van der Waals surface area contributed by atoms with Crippen molar-refractivity contribution in [1.29, 1.82) is 0 Å². The third kappa shape index (κ3) is 3.18. The number of benzene rings is 1. The van der Waals surface area contributed by atoms with Gasteiger partial charge in [-0.3, -0.25) is 0 Å². The van der Waals surface area contributed by atoms with Gasteiger partial charge in [-0.1, -0.05) is 17.7 Å². The topological polar surface area (TPSA) is 21.3 Å². The smallest absolute Gasteiger partial charge is 0.130 e. The zero-order chi connectivity index (χ0) is 12.3. The van der Waals surface area contributed by atoms with E-state index in [4.69, 9.17) is 16.3 Å². The monoisotopic (exact) mass is 257 g/mol. The van der Waals surface area contributed by atoms with E-state index < -0.39 is 0 Å². The molecule has 0 saturated heterocycles. The molecule has 2 nitrogen and oxygen atoms in total. The molecular weight excluding hydrogens is 241 g/mol. The van der Waals surface area contributed by atoms with Crippen molar-refractivity contribution in [3.05, 3.63) is 34.6 Å². The van der Waals surface area contributed by atoms with Crippen molar-refractivity contribution in [2.75, 3.05) is 13.6 Å². The lowest BCUT2D eigenvalue weighted by Crippen LogP contribution is -2.36. The molecular formula is C13H17ClFNO. The van der Waals surface area contributed by atoms with Crippen LogP contribution in [-0.4, -0.2) is 19.7 Å². The van der Waals surface area contributed by atoms with Crippen molar-refractivity contribution >= 4 is 11.6 Å². The maximum absolute atomic E-state index is 13.4. The van der Waals surface area contributed by atoms with Crippen LogP contribution in [0.25, 0.3) is 0 Å². The summed E-state index contributed by atoms with van der Waals surface area (Å²) in [6, 6.07) is 4.70. The molecule has 17 heavy (non-hydrogen) atoms. The molecule has 4 heteroatoms. The van der Waals surface area contributed by atoms with Gasteiger partial charge in [0.2, 0.25) is 0 Å². The van der Waals surface area contributed by atoms with Crippen LogP contribution in [0.5, 0.6) is 0 Å². The van der Waals surface area contributed by atoms with E-state index in [9.17, 15) is 4.39 Å². The van der Waals surface area contributed by atoms with Gasteiger partial charge >= 0.3 is 0 Å². The van der Waals surface area contributed by atoms with E-state index in [0.717, 1.165) is 19.4 Å². The summed E-state index contributed by atoms with van der Waals surface area (Å²) in [5.74, 6) is 0.407. The summed E-state index contributed by atoms with van der Waals surface area (Å²) in [6.45, 7) is 1.29. The minimum absolute atomic E-state index is 0.254. The van der Waals surface area contributed by atoms with Gasteiger partial charge < -0.3 is 10.1 Å². The van der Waals surface area contributed by atoms with E-state index in [2.05, 4.69) is 5.32 Å². The van der Waals surface area contributed by atoms with Crippen LogP contribution < -0.4 is 5.32 Å². The highest BCUT2D eigenvalue weighted by Crippen LogP contribution is 2.31. The van der Waals surface area contributed by atoms with Crippen LogP contribution in [0.4, 0.5) is 4.39 Å². The number of rotatable bonds is 5. The molecule has 0 radical (unpaired) electrons. The molecule has 1 saturated carbocycles. The van der Waals surface area contributed by atoms with E-state index in [0.29, 0.717) is 16.5 Å². The number of hydrogen-bond donors (Lipinski definition) is 1. The van der Waals surface area contributed by atoms with E-state index in [1.54, 1.807) is 12.1 Å². The van der Waals surface area contributed by atoms with Crippen LogP contribution in [0.2, 0.25) is 5.02 Å². The summed E-state index contributed by atoms with van der Waals surface area (Å²) in [4.78, 5) is 0. The second kappa shape index (κ2) is 5.80. The Morgan fingerprint density at radius 3 is 2.88 bits per heavy atom. The van der Waals surface area contributed by atoms with Crippen molar-refractivity contribution < 1.29 is 9.13 Å². The number of nitrogens with one attached hydrogen (secondary N) is 1. The maximum Gasteiger partial charge on any atom is 0.130 e. The normalized spacial score (nSPS) is 23.5. The van der Waals surface area contributed by atoms with Crippen molar-refractivity contribution in [1.82, 2.24) is 5.32 Å². The molecule has 1 aromatic rings. The van der Waals surface area contributed by atoms with Gasteiger partial charge in [0, 0.05) is 10.6 Å². The van der Waals surface area contributed by atoms with Crippen molar-refractivity contribution in [3.63, 3.8) is 0 Å². The number of ether oxygens (including phenoxy) is 1. The average Bonchev–Trinajstić information content (AvgIpc) is 2.24. The van der Waals surface area contributed by atoms with Gasteiger partial charge in [-0.25, -0.2) is 4.39 Å². The quantitative estimate of drug-likeness (QED) is 0.876. The van der Waals surface area contributed by atoms with E-state index in [-0.39, 0.29) is 18.5 Å². The van der Waals surface area contributed by atoms with Gasteiger partial charge in [0.1, 0.15) is 5.82 Å². The molecule has 0 atom stereocenters. The molecule has 1 aromatic carbocycles. The highest BCUT2D eigenvalue weighted by Gasteiger charge is 2.29. The van der Waals surface area contributed by atoms with Crippen molar-refractivity contribution in [2.45, 2.75) is 25.6 Å². The lowest BCUT2D eigenvalue weighted by molar-refractivity contribution is -0.0399. The van der Waals surface area contributed by atoms with Crippen molar-refractivity contribution in [3.8, 4) is 0 Å². The Bertz CT molecular complexity index is 359. The maximum atomic E-state index is 13.4. The minimum atomic E-state index is -0.288. The molecule has 1 aliphatic carbocycles. The van der Waals surface area contributed by atoms with Gasteiger partial charge in [-0.15, -0.1) is 0 Å². The highest BCUT2D eigenvalue weighted by atomic mass is 35.5. The molecule has 0 unspecified atom stereocenters. The Labute approximate surface area is 106 Å². The van der Waals surface area contributed by atoms with Gasteiger partial charge in [0.25, 0.3) is 0 Å². The van der Waals surface area contributed by atoms with Gasteiger partial charge in [-0.2, -0.15) is 0 Å². The first-order chi connectivity index (χ1) is 8.20. The first-order valence-electron chi connectivity index (χ1n) is 5.89. The average molecular weight is 258 g/mol. The van der Waals surface area contributed by atoms with Crippen molar-refractivity contribution in [2.24, 2.45) is 5.92 Å². The predicted octanol–water partition coefficient (Wildman–Crippen LogP) is 2.99. The molecule has 0 amide bonds. The summed E-state index contributed by atoms with van der Waals surface area (Å²) in [5, 5.41) is 3.59. The van der Waals surface area contributed by atoms with Gasteiger partial charge in [0.15, 0.2) is 0 Å². The second-order valence-corrected chi connectivity index (χ2v) is 4.94. The van der Waals surface area contributed by atoms with E-state index in [1.807, 2.05) is 7.05 Å². The second-order valence-electron chi connectivity index (χ2n) is 4.53. The molecule has 2 rings (SSSR count). The summed E-state index contributed by atoms with van der Waals surface area (Å²) in [6.07, 6.45) is 2.35. The molecule has 0 spiro atoms. The summed E-state index contributed by atoms with van der Waals surface area (Å²) >= 11 is 5.92. The zero-order valence-corrected chi connectivity index (χ0v) is 10.6. The summed E-state index contributed by atoms with van der Waals surface area (Å²) < 4.78 is 19.1. The first kappa shape index (κ1) is 12.8. The Morgan fingerprint density at radius 1 is 1.47 bits per heavy atom. The van der Waals surface area contributed by atoms with E-state index in [1.165, 1.54) is 6.07 Å². The molecule has 1 aliphatic rings. The Balaban J connectivity index is 1.80. The molecule has 0 aliphatic heterocycles. The lowest BCUT2D eigenvalue weighted by Gasteiger charge is -2.35. The zero-order valence-electron chi connectivity index (χ0n) is 9.88. The van der Waals surface area contributed by atoms with Gasteiger partial charge in [0.05, 0.1) is 12.7 Å². The predicted molar refractivity (Wildman–Crippen MR) is 66.6 cm³/mol. The van der Waals surface area contributed by atoms with Crippen LogP contribution in [0, 0.1) is 11.7 Å². The lowest BCUT2D eigenvalue weighted by atomic mass is 9.82. The molecule has 0 aromatic heterocycles. The SMILES string of the molecule is CNCC1CC(OCc2c(F)cccc2Cl)C1. The fraction of sp³-hybridized carbons (Fsp3) is 0.538. The molecule has 94 valence electrons. The molecule has 1 fully saturated rings. The standard InChI is InChI=1S/C13H17ClFNO/c1-16-7-9-5-10(6-9)17-8-11-12(14)3-2-4-13(11)15/h2-4,9-10,16H,5-8H2,1H3. The van der Waals surface area contributed by atoms with Crippen LogP contribution in [-0.2, 0) is 11.3 Å². The molecule has 0 bridgehead atoms. The third-order valence-electron chi connectivity index (χ3n) is 3.21. The highest BCUT2D eigenvalue weighted by molar-refractivity contribution is 6.31. The Kier molecular flexibility index (Phi) is 4.37. The fourth-order valence-electron chi connectivity index (χ4n) is 2.14. The number of hydrogen-bond acceptors (Lipinski definition) is 2. The Morgan fingerprint density at radius 2 is 2.24 bits per heavy atom. The van der Waals surface area contributed by atoms with Crippen LogP contribution >= 0.6 is 11.6 Å². The molecule has 1 N–H and O–H groups in total.